The zero-order valence-corrected chi connectivity index (χ0v) is 27.8. The molecule has 49 heavy (non-hydrogen) atoms. The molecule has 2 fully saturated rings. The van der Waals surface area contributed by atoms with Crippen molar-refractivity contribution in [2.24, 2.45) is 5.92 Å². The zero-order chi connectivity index (χ0) is 35.7. The molecular formula is C34H43F3N4O8. The van der Waals surface area contributed by atoms with E-state index in [1.165, 1.54) is 11.0 Å². The largest absolute Gasteiger partial charge is 0.479 e. The number of amides is 4. The molecule has 0 bridgehead atoms. The summed E-state index contributed by atoms with van der Waals surface area (Å²) in [4.78, 5) is 68.7. The summed E-state index contributed by atoms with van der Waals surface area (Å²) >= 11 is 0. The van der Waals surface area contributed by atoms with Gasteiger partial charge in [0.15, 0.2) is 0 Å². The molecule has 5 rings (SSSR count). The van der Waals surface area contributed by atoms with Crippen LogP contribution in [0.1, 0.15) is 82.4 Å². The van der Waals surface area contributed by atoms with Crippen LogP contribution in [0.5, 0.6) is 0 Å². The first kappa shape index (κ1) is 36.0. The molecule has 0 unspecified atom stereocenters. The summed E-state index contributed by atoms with van der Waals surface area (Å²) in [6, 6.07) is 1.54. The molecule has 0 spiro atoms. The van der Waals surface area contributed by atoms with E-state index in [1.54, 1.807) is 32.9 Å². The van der Waals surface area contributed by atoms with Crippen LogP contribution < -0.4 is 10.6 Å². The SMILES string of the molecule is CC(C)(C)OC(=O)N[C@H]1CCCCCC=C[C@@H]2C[C@@]2(C(=O)O)NC(=O)[C@@H]2C[C@@H](OC(=O)N3CCc4cccc(C(F)(F)F)c4C3)CN2C1=O. The van der Waals surface area contributed by atoms with Crippen molar-refractivity contribution in [3.8, 4) is 0 Å². The molecule has 15 heteroatoms. The van der Waals surface area contributed by atoms with Crippen LogP contribution in [-0.2, 0) is 43.0 Å². The first-order chi connectivity index (χ1) is 23.0. The predicted octanol–water partition coefficient (Wildman–Crippen LogP) is 4.54. The van der Waals surface area contributed by atoms with Gasteiger partial charge in [-0.15, -0.1) is 0 Å². The van der Waals surface area contributed by atoms with Crippen molar-refractivity contribution in [2.45, 2.75) is 114 Å². The van der Waals surface area contributed by atoms with E-state index in [0.717, 1.165) is 17.4 Å². The van der Waals surface area contributed by atoms with Crippen LogP contribution in [0.4, 0.5) is 22.8 Å². The summed E-state index contributed by atoms with van der Waals surface area (Å²) in [7, 11) is 0. The Hall–Kier alpha value is -4.30. The Morgan fingerprint density at radius 1 is 1.10 bits per heavy atom. The standard InChI is InChI=1S/C34H43F3N4O8/c1-32(2,3)49-30(46)38-25-13-8-6-4-5-7-11-21-17-33(21,29(44)45)39-27(42)26-16-22(18-41(26)28(25)43)48-31(47)40-15-14-20-10-9-12-24(23(20)19-40)34(35,36)37/h7,9-12,21-22,25-26H,4-6,8,13-19H2,1-3H3,(H,38,46)(H,39,42)(H,44,45)/t21-,22-,25+,26+,33-/m1/s1. The van der Waals surface area contributed by atoms with Gasteiger partial charge in [-0.25, -0.2) is 14.4 Å². The summed E-state index contributed by atoms with van der Waals surface area (Å²) in [5.41, 5.74) is -2.77. The molecule has 4 amide bonds. The average molecular weight is 693 g/mol. The van der Waals surface area contributed by atoms with E-state index in [1.807, 2.05) is 6.08 Å². The Morgan fingerprint density at radius 3 is 2.55 bits per heavy atom. The molecule has 1 aromatic carbocycles. The van der Waals surface area contributed by atoms with Gasteiger partial charge in [-0.05, 0) is 70.1 Å². The molecule has 3 N–H and O–H groups in total. The maximum absolute atomic E-state index is 14.1. The summed E-state index contributed by atoms with van der Waals surface area (Å²) in [6.45, 7) is 4.54. The normalized spacial score (nSPS) is 27.8. The van der Waals surface area contributed by atoms with Crippen LogP contribution in [0.15, 0.2) is 30.4 Å². The Balaban J connectivity index is 1.38. The fourth-order valence-corrected chi connectivity index (χ4v) is 6.82. The lowest BCUT2D eigenvalue weighted by atomic mass is 9.95. The highest BCUT2D eigenvalue weighted by atomic mass is 19.4. The number of nitrogens with one attached hydrogen (secondary N) is 2. The van der Waals surface area contributed by atoms with Crippen LogP contribution in [-0.4, -0.2) is 87.3 Å². The van der Waals surface area contributed by atoms with Crippen molar-refractivity contribution in [2.75, 3.05) is 13.1 Å². The van der Waals surface area contributed by atoms with Crippen molar-refractivity contribution in [1.29, 1.82) is 0 Å². The molecule has 3 heterocycles. The number of ether oxygens (including phenoxy) is 2. The molecule has 0 radical (unpaired) electrons. The van der Waals surface area contributed by atoms with Crippen LogP contribution >= 0.6 is 0 Å². The molecule has 1 aromatic rings. The number of alkyl carbamates (subject to hydrolysis) is 1. The summed E-state index contributed by atoms with van der Waals surface area (Å²) in [6.07, 6.45) is -0.603. The van der Waals surface area contributed by atoms with Gasteiger partial charge in [0.05, 0.1) is 12.1 Å². The second kappa shape index (κ2) is 13.9. The highest BCUT2D eigenvalue weighted by Gasteiger charge is 2.61. The first-order valence-electron chi connectivity index (χ1n) is 16.6. The van der Waals surface area contributed by atoms with Crippen molar-refractivity contribution < 1.29 is 51.7 Å². The molecule has 1 saturated carbocycles. The number of halogens is 3. The van der Waals surface area contributed by atoms with Gasteiger partial charge < -0.3 is 35.0 Å². The highest BCUT2D eigenvalue weighted by molar-refractivity contribution is 5.96. The number of hydrogen-bond donors (Lipinski definition) is 3. The summed E-state index contributed by atoms with van der Waals surface area (Å²) in [5, 5.41) is 15.3. The number of aliphatic carboxylic acids is 1. The number of nitrogens with zero attached hydrogens (tertiary/aromatic N) is 2. The predicted molar refractivity (Wildman–Crippen MR) is 168 cm³/mol. The minimum atomic E-state index is -4.61. The molecule has 268 valence electrons. The lowest BCUT2D eigenvalue weighted by Gasteiger charge is -2.31. The van der Waals surface area contributed by atoms with E-state index >= 15 is 0 Å². The van der Waals surface area contributed by atoms with Crippen LogP contribution in [0.3, 0.4) is 0 Å². The van der Waals surface area contributed by atoms with Crippen molar-refractivity contribution in [3.05, 3.63) is 47.0 Å². The fourth-order valence-electron chi connectivity index (χ4n) is 6.82. The van der Waals surface area contributed by atoms with Crippen LogP contribution in [0.25, 0.3) is 0 Å². The number of carbonyl (C=O) groups is 5. The molecule has 1 saturated heterocycles. The van der Waals surface area contributed by atoms with E-state index in [4.69, 9.17) is 9.47 Å². The third kappa shape index (κ3) is 8.30. The first-order valence-corrected chi connectivity index (χ1v) is 16.6. The third-order valence-corrected chi connectivity index (χ3v) is 9.42. The smallest absolute Gasteiger partial charge is 0.416 e. The second-order valence-corrected chi connectivity index (χ2v) is 14.2. The Labute approximate surface area is 282 Å². The van der Waals surface area contributed by atoms with Crippen LogP contribution in [0, 0.1) is 5.92 Å². The van der Waals surface area contributed by atoms with E-state index in [2.05, 4.69) is 10.6 Å². The number of carboxylic acid groups (broad SMARTS) is 1. The highest BCUT2D eigenvalue weighted by Crippen LogP contribution is 2.45. The number of benzene rings is 1. The zero-order valence-electron chi connectivity index (χ0n) is 27.8. The number of rotatable bonds is 3. The van der Waals surface area contributed by atoms with Gasteiger partial charge in [-0.1, -0.05) is 37.1 Å². The number of allylic oxidation sites excluding steroid dienone is 1. The molecule has 4 aliphatic rings. The van der Waals surface area contributed by atoms with Gasteiger partial charge in [0.25, 0.3) is 0 Å². The van der Waals surface area contributed by atoms with Crippen molar-refractivity contribution in [1.82, 2.24) is 20.4 Å². The maximum Gasteiger partial charge on any atom is 0.416 e. The van der Waals surface area contributed by atoms with Gasteiger partial charge in [0.1, 0.15) is 29.3 Å². The van der Waals surface area contributed by atoms with E-state index in [-0.39, 0.29) is 50.9 Å². The van der Waals surface area contributed by atoms with Gasteiger partial charge in [-0.2, -0.15) is 13.2 Å². The van der Waals surface area contributed by atoms with Crippen molar-refractivity contribution >= 4 is 30.0 Å². The van der Waals surface area contributed by atoms with Gasteiger partial charge >= 0.3 is 24.3 Å². The number of alkyl halides is 3. The summed E-state index contributed by atoms with van der Waals surface area (Å²) in [5.74, 6) is -3.04. The minimum Gasteiger partial charge on any atom is -0.479 e. The Kier molecular flexibility index (Phi) is 10.2. The van der Waals surface area contributed by atoms with E-state index in [0.29, 0.717) is 24.8 Å². The molecule has 0 aromatic heterocycles. The number of hydrogen-bond acceptors (Lipinski definition) is 7. The number of carbonyl (C=O) groups excluding carboxylic acids is 4. The maximum atomic E-state index is 14.1. The lowest BCUT2D eigenvalue weighted by molar-refractivity contribution is -0.145. The molecular weight excluding hydrogens is 649 g/mol. The number of carboxylic acids is 1. The van der Waals surface area contributed by atoms with E-state index in [9.17, 15) is 42.3 Å². The third-order valence-electron chi connectivity index (χ3n) is 9.42. The van der Waals surface area contributed by atoms with Crippen LogP contribution in [0.2, 0.25) is 0 Å². The molecule has 5 atom stereocenters. The Morgan fingerprint density at radius 2 is 1.86 bits per heavy atom. The van der Waals surface area contributed by atoms with Gasteiger partial charge in [-0.3, -0.25) is 9.59 Å². The molecule has 12 nitrogen and oxygen atoms in total. The minimum absolute atomic E-state index is 0.0186. The average Bonchev–Trinajstić information content (AvgIpc) is 3.55. The molecule has 1 aliphatic carbocycles. The van der Waals surface area contributed by atoms with Gasteiger partial charge in [0.2, 0.25) is 11.8 Å². The lowest BCUT2D eigenvalue weighted by Crippen LogP contribution is -2.56. The quantitative estimate of drug-likeness (QED) is 0.390. The monoisotopic (exact) mass is 692 g/mol. The fraction of sp³-hybridized carbons (Fsp3) is 0.618. The number of fused-ring (bicyclic) bond motifs is 3. The Bertz CT molecular complexity index is 1510. The second-order valence-electron chi connectivity index (χ2n) is 14.2. The summed E-state index contributed by atoms with van der Waals surface area (Å²) < 4.78 is 52.3. The molecule has 3 aliphatic heterocycles. The topological polar surface area (TPSA) is 155 Å². The van der Waals surface area contributed by atoms with E-state index < -0.39 is 77.0 Å². The van der Waals surface area contributed by atoms with Gasteiger partial charge in [0, 0.05) is 25.4 Å². The van der Waals surface area contributed by atoms with Crippen molar-refractivity contribution in [3.63, 3.8) is 0 Å².